The maximum absolute atomic E-state index is 11.4. The number of rotatable bonds is 4. The van der Waals surface area contributed by atoms with Gasteiger partial charge in [0, 0.05) is 10.8 Å². The molecule has 0 saturated heterocycles. The second-order valence-electron chi connectivity index (χ2n) is 5.93. The van der Waals surface area contributed by atoms with Crippen LogP contribution in [0.4, 0.5) is 22.7 Å². The van der Waals surface area contributed by atoms with Crippen molar-refractivity contribution >= 4 is 55.1 Å². The molecule has 0 saturated carbocycles. The summed E-state index contributed by atoms with van der Waals surface area (Å²) < 4.78 is 0. The van der Waals surface area contributed by atoms with E-state index in [1.807, 2.05) is 0 Å². The van der Waals surface area contributed by atoms with Crippen LogP contribution in [0.1, 0.15) is 0 Å². The molecule has 0 unspecified atom stereocenters. The molecule has 4 rings (SSSR count). The molecule has 12 nitrogen and oxygen atoms in total. The second-order valence-corrected chi connectivity index (χ2v) is 5.93. The molecule has 12 heteroatoms. The lowest BCUT2D eigenvalue weighted by Crippen LogP contribution is -1.99. The van der Waals surface area contributed by atoms with Gasteiger partial charge in [0.1, 0.15) is 0 Å². The summed E-state index contributed by atoms with van der Waals surface area (Å²) in [4.78, 5) is 42.5. The van der Waals surface area contributed by atoms with Crippen molar-refractivity contribution in [2.45, 2.75) is 0 Å². The van der Waals surface area contributed by atoms with E-state index in [1.165, 1.54) is 24.3 Å². The van der Waals surface area contributed by atoms with Crippen LogP contribution >= 0.6 is 0 Å². The summed E-state index contributed by atoms with van der Waals surface area (Å²) in [5.74, 6) is 0. The average Bonchev–Trinajstić information content (AvgIpc) is 2.64. The van der Waals surface area contributed by atoms with Gasteiger partial charge < -0.3 is 0 Å². The Hall–Kier alpha value is -4.48. The Labute approximate surface area is 152 Å². The standard InChI is InChI=1S/C16H6N4O8/c21-17(22)11-5-13(19(25)26)9-3-4-10-14(20(27)28)6-12(18(23)24)8-2-1-7(11)15(9)16(8)10/h1-6H. The first-order valence-electron chi connectivity index (χ1n) is 7.58. The van der Waals surface area contributed by atoms with Gasteiger partial charge in [0.15, 0.2) is 0 Å². The smallest absolute Gasteiger partial charge is 0.258 e. The number of benzene rings is 4. The van der Waals surface area contributed by atoms with Crippen LogP contribution in [-0.4, -0.2) is 19.7 Å². The molecule has 0 amide bonds. The molecule has 138 valence electrons. The monoisotopic (exact) mass is 382 g/mol. The van der Waals surface area contributed by atoms with Gasteiger partial charge in [-0.05, 0) is 24.3 Å². The van der Waals surface area contributed by atoms with Crippen molar-refractivity contribution in [3.63, 3.8) is 0 Å². The Morgan fingerprint density at radius 2 is 0.679 bits per heavy atom. The lowest BCUT2D eigenvalue weighted by atomic mass is 9.91. The minimum Gasteiger partial charge on any atom is -0.258 e. The number of nitro benzene ring substituents is 4. The van der Waals surface area contributed by atoms with Crippen molar-refractivity contribution in [2.75, 3.05) is 0 Å². The van der Waals surface area contributed by atoms with Crippen molar-refractivity contribution in [1.82, 2.24) is 0 Å². The minimum atomic E-state index is -0.804. The van der Waals surface area contributed by atoms with Crippen LogP contribution in [0.25, 0.3) is 32.3 Å². The van der Waals surface area contributed by atoms with E-state index in [0.29, 0.717) is 0 Å². The maximum Gasteiger partial charge on any atom is 0.284 e. The fraction of sp³-hybridized carbons (Fsp3) is 0. The highest BCUT2D eigenvalue weighted by molar-refractivity contribution is 6.29. The first-order valence-corrected chi connectivity index (χ1v) is 7.58. The van der Waals surface area contributed by atoms with Gasteiger partial charge in [-0.1, -0.05) is 0 Å². The predicted molar refractivity (Wildman–Crippen MR) is 96.8 cm³/mol. The Balaban J connectivity index is 2.40. The van der Waals surface area contributed by atoms with Gasteiger partial charge in [-0.2, -0.15) is 0 Å². The molecular formula is C16H6N4O8. The van der Waals surface area contributed by atoms with Crippen molar-refractivity contribution in [3.05, 3.63) is 76.9 Å². The van der Waals surface area contributed by atoms with Gasteiger partial charge in [-0.15, -0.1) is 0 Å². The van der Waals surface area contributed by atoms with Gasteiger partial charge in [0.2, 0.25) is 0 Å². The highest BCUT2D eigenvalue weighted by Gasteiger charge is 2.30. The molecule has 0 fully saturated rings. The van der Waals surface area contributed by atoms with E-state index in [4.69, 9.17) is 0 Å². The van der Waals surface area contributed by atoms with Gasteiger partial charge in [-0.25, -0.2) is 0 Å². The fourth-order valence-corrected chi connectivity index (χ4v) is 3.52. The number of hydrogen-bond donors (Lipinski definition) is 0. The summed E-state index contributed by atoms with van der Waals surface area (Å²) in [6, 6.07) is 6.64. The summed E-state index contributed by atoms with van der Waals surface area (Å²) in [7, 11) is 0. The molecule has 0 radical (unpaired) electrons. The molecule has 28 heavy (non-hydrogen) atoms. The van der Waals surface area contributed by atoms with E-state index in [2.05, 4.69) is 0 Å². The summed E-state index contributed by atoms with van der Waals surface area (Å²) in [5, 5.41) is 45.8. The third-order valence-corrected chi connectivity index (χ3v) is 4.60. The molecule has 0 N–H and O–H groups in total. The first-order chi connectivity index (χ1) is 13.2. The molecule has 0 aliphatic rings. The zero-order valence-electron chi connectivity index (χ0n) is 13.5. The zero-order valence-corrected chi connectivity index (χ0v) is 13.5. The Kier molecular flexibility index (Phi) is 3.34. The Morgan fingerprint density at radius 3 is 0.857 bits per heavy atom. The predicted octanol–water partition coefficient (Wildman–Crippen LogP) is 4.22. The van der Waals surface area contributed by atoms with E-state index in [0.717, 1.165) is 12.1 Å². The lowest BCUT2D eigenvalue weighted by Gasteiger charge is -2.11. The van der Waals surface area contributed by atoms with Crippen LogP contribution in [0.5, 0.6) is 0 Å². The zero-order chi connectivity index (χ0) is 20.3. The molecule has 0 spiro atoms. The van der Waals surface area contributed by atoms with Gasteiger partial charge in [0.25, 0.3) is 22.7 Å². The average molecular weight is 382 g/mol. The summed E-state index contributed by atoms with van der Waals surface area (Å²) >= 11 is 0. The Bertz CT molecular complexity index is 1180. The highest BCUT2D eigenvalue weighted by atomic mass is 16.6. The van der Waals surface area contributed by atoms with Crippen LogP contribution in [0.15, 0.2) is 36.4 Å². The van der Waals surface area contributed by atoms with Crippen LogP contribution in [0.3, 0.4) is 0 Å². The fourth-order valence-electron chi connectivity index (χ4n) is 3.52. The maximum atomic E-state index is 11.4. The molecule has 0 heterocycles. The third kappa shape index (κ3) is 2.11. The third-order valence-electron chi connectivity index (χ3n) is 4.60. The van der Waals surface area contributed by atoms with E-state index in [1.54, 1.807) is 0 Å². The quantitative estimate of drug-likeness (QED) is 0.286. The largest absolute Gasteiger partial charge is 0.284 e. The molecular weight excluding hydrogens is 376 g/mol. The molecule has 0 aliphatic heterocycles. The number of nitrogens with zero attached hydrogens (tertiary/aromatic N) is 4. The number of nitro groups is 4. The van der Waals surface area contributed by atoms with Gasteiger partial charge >= 0.3 is 0 Å². The molecule has 4 aromatic rings. The molecule has 0 bridgehead atoms. The van der Waals surface area contributed by atoms with Crippen molar-refractivity contribution in [1.29, 1.82) is 0 Å². The molecule has 0 aromatic heterocycles. The topological polar surface area (TPSA) is 173 Å². The van der Waals surface area contributed by atoms with E-state index >= 15 is 0 Å². The van der Waals surface area contributed by atoms with Crippen molar-refractivity contribution in [2.24, 2.45) is 0 Å². The van der Waals surface area contributed by atoms with E-state index in [-0.39, 0.29) is 32.3 Å². The second kappa shape index (κ2) is 5.51. The minimum absolute atomic E-state index is 0.00139. The van der Waals surface area contributed by atoms with Crippen LogP contribution in [0, 0.1) is 40.5 Å². The van der Waals surface area contributed by atoms with Crippen LogP contribution < -0.4 is 0 Å². The summed E-state index contributed by atoms with van der Waals surface area (Å²) in [5.41, 5.74) is -2.27. The summed E-state index contributed by atoms with van der Waals surface area (Å²) in [6.07, 6.45) is 0. The van der Waals surface area contributed by atoms with Crippen LogP contribution in [0.2, 0.25) is 0 Å². The van der Waals surface area contributed by atoms with Gasteiger partial charge in [0.05, 0.1) is 53.4 Å². The molecule has 0 aliphatic carbocycles. The lowest BCUT2D eigenvalue weighted by molar-refractivity contribution is -0.392. The van der Waals surface area contributed by atoms with Crippen molar-refractivity contribution in [3.8, 4) is 0 Å². The molecule has 0 atom stereocenters. The summed E-state index contributed by atoms with van der Waals surface area (Å²) in [6.45, 7) is 0. The van der Waals surface area contributed by atoms with E-state index in [9.17, 15) is 40.5 Å². The highest BCUT2D eigenvalue weighted by Crippen LogP contribution is 2.47. The number of non-ortho nitro benzene ring substituents is 4. The first kappa shape index (κ1) is 17.0. The Morgan fingerprint density at radius 1 is 0.464 bits per heavy atom. The molecule has 4 aromatic carbocycles. The van der Waals surface area contributed by atoms with Gasteiger partial charge in [-0.3, -0.25) is 40.5 Å². The van der Waals surface area contributed by atoms with E-state index < -0.39 is 42.4 Å². The number of hydrogen-bond acceptors (Lipinski definition) is 8. The van der Waals surface area contributed by atoms with Crippen LogP contribution in [-0.2, 0) is 0 Å². The van der Waals surface area contributed by atoms with Crippen molar-refractivity contribution < 1.29 is 19.7 Å². The SMILES string of the molecule is O=[N+]([O-])c1cc([N+](=O)[O-])c2ccc3c([N+](=O)[O-])cc([N+](=O)[O-])c4ccc1c2c43. The normalized spacial score (nSPS) is 11.3.